The normalized spacial score (nSPS) is 19.8. The van der Waals surface area contributed by atoms with Gasteiger partial charge in [-0.05, 0) is 38.4 Å². The average Bonchev–Trinajstić information content (AvgIpc) is 2.92. The first-order valence-electron chi connectivity index (χ1n) is 7.32. The average molecular weight is 304 g/mol. The molecule has 1 aliphatic heterocycles. The Balaban J connectivity index is 1.49. The summed E-state index contributed by atoms with van der Waals surface area (Å²) in [5.41, 5.74) is 0.995. The number of piperidine rings is 1. The molecule has 0 bridgehead atoms. The molecule has 0 aromatic carbocycles. The Hall–Kier alpha value is -1.37. The Labute approximate surface area is 129 Å². The van der Waals surface area contributed by atoms with Crippen molar-refractivity contribution in [3.05, 3.63) is 40.1 Å². The van der Waals surface area contributed by atoms with Crippen molar-refractivity contribution in [1.82, 2.24) is 20.1 Å². The van der Waals surface area contributed by atoms with Crippen molar-refractivity contribution in [3.63, 3.8) is 0 Å². The van der Waals surface area contributed by atoms with Gasteiger partial charge in [-0.15, -0.1) is 21.5 Å². The van der Waals surface area contributed by atoms with Crippen LogP contribution in [0.15, 0.2) is 24.4 Å². The zero-order chi connectivity index (χ0) is 14.5. The Kier molecular flexibility index (Phi) is 4.90. The van der Waals surface area contributed by atoms with Crippen LogP contribution in [0.1, 0.15) is 28.6 Å². The van der Waals surface area contributed by atoms with Gasteiger partial charge in [0.15, 0.2) is 0 Å². The molecular weight excluding hydrogens is 284 g/mol. The molecule has 5 nitrogen and oxygen atoms in total. The Morgan fingerprint density at radius 2 is 2.33 bits per heavy atom. The maximum atomic E-state index is 6.01. The van der Waals surface area contributed by atoms with E-state index < -0.39 is 0 Å². The summed E-state index contributed by atoms with van der Waals surface area (Å²) in [5, 5.41) is 10.4. The number of aromatic nitrogens is 3. The molecular formula is C15H20N4OS. The molecule has 1 aliphatic rings. The van der Waals surface area contributed by atoms with Crippen LogP contribution in [-0.4, -0.2) is 39.3 Å². The number of aryl methyl sites for hydroxylation is 1. The smallest absolute Gasteiger partial charge is 0.131 e. The van der Waals surface area contributed by atoms with Gasteiger partial charge in [-0.1, -0.05) is 6.07 Å². The zero-order valence-electron chi connectivity index (χ0n) is 12.2. The first-order valence-corrected chi connectivity index (χ1v) is 8.14. The number of pyridine rings is 1. The quantitative estimate of drug-likeness (QED) is 0.849. The van der Waals surface area contributed by atoms with Crippen LogP contribution in [-0.2, 0) is 17.9 Å². The molecule has 0 unspecified atom stereocenters. The lowest BCUT2D eigenvalue weighted by molar-refractivity contribution is -0.0133. The highest BCUT2D eigenvalue weighted by Crippen LogP contribution is 2.18. The van der Waals surface area contributed by atoms with Crippen LogP contribution in [0, 0.1) is 6.92 Å². The molecule has 1 atom stereocenters. The summed E-state index contributed by atoms with van der Waals surface area (Å²) < 4.78 is 6.01. The van der Waals surface area contributed by atoms with E-state index in [1.54, 1.807) is 11.3 Å². The highest BCUT2D eigenvalue weighted by Gasteiger charge is 2.21. The summed E-state index contributed by atoms with van der Waals surface area (Å²) in [6, 6.07) is 5.93. The van der Waals surface area contributed by atoms with Crippen LogP contribution in [0.2, 0.25) is 0 Å². The second-order valence-electron chi connectivity index (χ2n) is 5.35. The Morgan fingerprint density at radius 1 is 1.38 bits per heavy atom. The second-order valence-corrected chi connectivity index (χ2v) is 6.61. The number of hydrogen-bond acceptors (Lipinski definition) is 6. The fraction of sp³-hybridized carbons (Fsp3) is 0.533. The molecule has 0 amide bonds. The fourth-order valence-corrected chi connectivity index (χ4v) is 3.32. The molecule has 2 aromatic heterocycles. The molecule has 0 spiro atoms. The van der Waals surface area contributed by atoms with E-state index in [2.05, 4.69) is 20.1 Å². The lowest BCUT2D eigenvalue weighted by Crippen LogP contribution is -2.39. The van der Waals surface area contributed by atoms with E-state index in [-0.39, 0.29) is 6.10 Å². The third-order valence-corrected chi connectivity index (χ3v) is 4.41. The zero-order valence-corrected chi connectivity index (χ0v) is 13.1. The van der Waals surface area contributed by atoms with Crippen molar-refractivity contribution in [2.45, 2.75) is 39.0 Å². The highest BCUT2D eigenvalue weighted by molar-refractivity contribution is 7.11. The summed E-state index contributed by atoms with van der Waals surface area (Å²) in [7, 11) is 0. The van der Waals surface area contributed by atoms with Crippen LogP contribution in [0.4, 0.5) is 0 Å². The molecule has 3 rings (SSSR count). The molecule has 6 heteroatoms. The number of hydrogen-bond donors (Lipinski definition) is 0. The van der Waals surface area contributed by atoms with E-state index in [1.807, 2.05) is 31.3 Å². The number of ether oxygens (including phenoxy) is 1. The van der Waals surface area contributed by atoms with Gasteiger partial charge in [0.05, 0.1) is 24.9 Å². The predicted octanol–water partition coefficient (Wildman–Crippen LogP) is 2.42. The Morgan fingerprint density at radius 3 is 3.10 bits per heavy atom. The minimum Gasteiger partial charge on any atom is -0.371 e. The van der Waals surface area contributed by atoms with Gasteiger partial charge in [0.25, 0.3) is 0 Å². The summed E-state index contributed by atoms with van der Waals surface area (Å²) >= 11 is 1.68. The molecule has 1 fully saturated rings. The van der Waals surface area contributed by atoms with Crippen LogP contribution in [0.3, 0.4) is 0 Å². The van der Waals surface area contributed by atoms with E-state index >= 15 is 0 Å². The van der Waals surface area contributed by atoms with E-state index in [0.29, 0.717) is 6.61 Å². The predicted molar refractivity (Wildman–Crippen MR) is 82.0 cm³/mol. The van der Waals surface area contributed by atoms with Gasteiger partial charge >= 0.3 is 0 Å². The summed E-state index contributed by atoms with van der Waals surface area (Å²) in [6.07, 6.45) is 4.39. The van der Waals surface area contributed by atoms with Gasteiger partial charge in [0, 0.05) is 12.7 Å². The largest absolute Gasteiger partial charge is 0.371 e. The standard InChI is InChI=1S/C15H20N4OS/c1-12-17-18-15(21-12)10-19-8-4-6-14(9-19)20-11-13-5-2-3-7-16-13/h2-3,5,7,14H,4,6,8-11H2,1H3/t14-/m1/s1. The van der Waals surface area contributed by atoms with Crippen molar-refractivity contribution >= 4 is 11.3 Å². The summed E-state index contributed by atoms with van der Waals surface area (Å²) in [5.74, 6) is 0. The van der Waals surface area contributed by atoms with Crippen molar-refractivity contribution < 1.29 is 4.74 Å². The van der Waals surface area contributed by atoms with E-state index in [1.165, 1.54) is 6.42 Å². The van der Waals surface area contributed by atoms with Gasteiger partial charge in [-0.3, -0.25) is 9.88 Å². The molecule has 1 saturated heterocycles. The maximum Gasteiger partial charge on any atom is 0.131 e. The van der Waals surface area contributed by atoms with Gasteiger partial charge < -0.3 is 4.74 Å². The first kappa shape index (κ1) is 14.6. The van der Waals surface area contributed by atoms with Crippen molar-refractivity contribution in [1.29, 1.82) is 0 Å². The van der Waals surface area contributed by atoms with Crippen LogP contribution in [0.25, 0.3) is 0 Å². The molecule has 21 heavy (non-hydrogen) atoms. The molecule has 3 heterocycles. The van der Waals surface area contributed by atoms with Gasteiger partial charge in [-0.2, -0.15) is 0 Å². The van der Waals surface area contributed by atoms with Gasteiger partial charge in [0.2, 0.25) is 0 Å². The number of nitrogens with zero attached hydrogens (tertiary/aromatic N) is 4. The number of rotatable bonds is 5. The van der Waals surface area contributed by atoms with Gasteiger partial charge in [0.1, 0.15) is 10.0 Å². The lowest BCUT2D eigenvalue weighted by Gasteiger charge is -2.31. The van der Waals surface area contributed by atoms with E-state index in [4.69, 9.17) is 4.74 Å². The Bertz CT molecular complexity index is 560. The fourth-order valence-electron chi connectivity index (χ4n) is 2.57. The van der Waals surface area contributed by atoms with Crippen LogP contribution < -0.4 is 0 Å². The summed E-state index contributed by atoms with van der Waals surface area (Å²) in [6.45, 7) is 5.55. The monoisotopic (exact) mass is 304 g/mol. The van der Waals surface area contributed by atoms with Crippen molar-refractivity contribution in [2.75, 3.05) is 13.1 Å². The highest BCUT2D eigenvalue weighted by atomic mass is 32.1. The second kappa shape index (κ2) is 7.06. The van der Waals surface area contributed by atoms with E-state index in [0.717, 1.165) is 41.8 Å². The molecule has 2 aromatic rings. The van der Waals surface area contributed by atoms with Crippen molar-refractivity contribution in [3.8, 4) is 0 Å². The minimum absolute atomic E-state index is 0.287. The first-order chi connectivity index (χ1) is 10.3. The lowest BCUT2D eigenvalue weighted by atomic mass is 10.1. The van der Waals surface area contributed by atoms with Gasteiger partial charge in [-0.25, -0.2) is 0 Å². The minimum atomic E-state index is 0.287. The molecule has 0 radical (unpaired) electrons. The van der Waals surface area contributed by atoms with E-state index in [9.17, 15) is 0 Å². The van der Waals surface area contributed by atoms with Crippen LogP contribution >= 0.6 is 11.3 Å². The third kappa shape index (κ3) is 4.30. The molecule has 0 aliphatic carbocycles. The SMILES string of the molecule is Cc1nnc(CN2CCC[C@@H](OCc3ccccn3)C2)s1. The number of likely N-dealkylation sites (tertiary alicyclic amines) is 1. The topological polar surface area (TPSA) is 51.1 Å². The molecule has 112 valence electrons. The third-order valence-electron chi connectivity index (χ3n) is 3.58. The maximum absolute atomic E-state index is 6.01. The molecule has 0 N–H and O–H groups in total. The van der Waals surface area contributed by atoms with Crippen LogP contribution in [0.5, 0.6) is 0 Å². The van der Waals surface area contributed by atoms with Crippen molar-refractivity contribution in [2.24, 2.45) is 0 Å². The molecule has 0 saturated carbocycles. The summed E-state index contributed by atoms with van der Waals surface area (Å²) in [4.78, 5) is 6.71.